The summed E-state index contributed by atoms with van der Waals surface area (Å²) in [5.74, 6) is 0.619. The number of rotatable bonds is 6. The van der Waals surface area contributed by atoms with Gasteiger partial charge in [0.15, 0.2) is 0 Å². The van der Waals surface area contributed by atoms with Crippen molar-refractivity contribution in [3.8, 4) is 17.2 Å². The number of aromatic carboxylic acids is 1. The summed E-state index contributed by atoms with van der Waals surface area (Å²) in [7, 11) is 0. The molecular formula is C25H26O4. The zero-order chi connectivity index (χ0) is 21.2. The third-order valence-corrected chi connectivity index (χ3v) is 5.31. The first kappa shape index (κ1) is 20.5. The van der Waals surface area contributed by atoms with Crippen molar-refractivity contribution in [1.29, 1.82) is 0 Å². The predicted octanol–water partition coefficient (Wildman–Crippen LogP) is 6.33. The highest BCUT2D eigenvalue weighted by Gasteiger charge is 2.25. The Bertz CT molecular complexity index is 1000. The van der Waals surface area contributed by atoms with Crippen LogP contribution in [0.5, 0.6) is 17.2 Å². The molecule has 0 radical (unpaired) electrons. The first-order chi connectivity index (χ1) is 13.7. The molecule has 3 aromatic carbocycles. The lowest BCUT2D eigenvalue weighted by Gasteiger charge is -2.26. The Morgan fingerprint density at radius 1 is 0.862 bits per heavy atom. The average molecular weight is 390 g/mol. The van der Waals surface area contributed by atoms with Gasteiger partial charge in [0, 0.05) is 5.41 Å². The number of carboxylic acid groups (broad SMARTS) is 1. The average Bonchev–Trinajstić information content (AvgIpc) is 2.69. The van der Waals surface area contributed by atoms with Gasteiger partial charge in [0.2, 0.25) is 0 Å². The molecule has 3 aromatic rings. The molecule has 0 amide bonds. The van der Waals surface area contributed by atoms with Crippen molar-refractivity contribution in [2.75, 3.05) is 0 Å². The second-order valence-corrected chi connectivity index (χ2v) is 8.01. The maximum absolute atomic E-state index is 11.3. The van der Waals surface area contributed by atoms with Gasteiger partial charge in [-0.2, -0.15) is 0 Å². The van der Waals surface area contributed by atoms with Gasteiger partial charge in [-0.1, -0.05) is 58.0 Å². The van der Waals surface area contributed by atoms with Gasteiger partial charge in [-0.25, -0.2) is 4.79 Å². The molecule has 0 aliphatic heterocycles. The van der Waals surface area contributed by atoms with E-state index in [1.165, 1.54) is 17.7 Å². The highest BCUT2D eigenvalue weighted by atomic mass is 16.5. The van der Waals surface area contributed by atoms with E-state index >= 15 is 0 Å². The van der Waals surface area contributed by atoms with Crippen LogP contribution in [0.3, 0.4) is 0 Å². The smallest absolute Gasteiger partial charge is 0.339 e. The highest BCUT2D eigenvalue weighted by molar-refractivity contribution is 5.91. The van der Waals surface area contributed by atoms with E-state index in [0.717, 1.165) is 22.6 Å². The molecule has 4 heteroatoms. The fourth-order valence-electron chi connectivity index (χ4n) is 3.26. The third-order valence-electron chi connectivity index (χ3n) is 5.31. The molecule has 0 heterocycles. The molecule has 3 rings (SSSR count). The summed E-state index contributed by atoms with van der Waals surface area (Å²) in [5, 5.41) is 19.0. The fraction of sp³-hybridized carbons (Fsp3) is 0.240. The predicted molar refractivity (Wildman–Crippen MR) is 114 cm³/mol. The molecule has 0 fully saturated rings. The normalized spacial score (nSPS) is 11.5. The Morgan fingerprint density at radius 2 is 1.38 bits per heavy atom. The Kier molecular flexibility index (Phi) is 5.64. The third kappa shape index (κ3) is 4.43. The first-order valence-electron chi connectivity index (χ1n) is 9.63. The molecule has 29 heavy (non-hydrogen) atoms. The van der Waals surface area contributed by atoms with Crippen LogP contribution in [0.25, 0.3) is 0 Å². The van der Waals surface area contributed by atoms with Crippen LogP contribution in [0.15, 0.2) is 66.7 Å². The molecule has 0 spiro atoms. The van der Waals surface area contributed by atoms with Crippen LogP contribution in [-0.4, -0.2) is 16.2 Å². The molecule has 2 N–H and O–H groups in total. The van der Waals surface area contributed by atoms with Crippen molar-refractivity contribution in [2.45, 2.75) is 39.0 Å². The van der Waals surface area contributed by atoms with E-state index in [4.69, 9.17) is 4.74 Å². The maximum Gasteiger partial charge on any atom is 0.339 e. The number of ether oxygens (including phenoxy) is 1. The summed E-state index contributed by atoms with van der Waals surface area (Å²) in [6, 6.07) is 20.6. The second-order valence-electron chi connectivity index (χ2n) is 8.01. The highest BCUT2D eigenvalue weighted by Crippen LogP contribution is 2.35. The maximum atomic E-state index is 11.3. The van der Waals surface area contributed by atoms with Crippen LogP contribution in [0, 0.1) is 0 Å². The number of hydrogen-bond acceptors (Lipinski definition) is 3. The van der Waals surface area contributed by atoms with Crippen LogP contribution in [0.2, 0.25) is 0 Å². The molecule has 0 saturated carbocycles. The number of phenols is 1. The Labute approximate surface area is 171 Å². The number of hydrogen-bond donors (Lipinski definition) is 2. The van der Waals surface area contributed by atoms with Crippen molar-refractivity contribution >= 4 is 5.97 Å². The van der Waals surface area contributed by atoms with E-state index in [2.05, 4.69) is 26.0 Å². The van der Waals surface area contributed by atoms with Gasteiger partial charge < -0.3 is 14.9 Å². The van der Waals surface area contributed by atoms with Crippen LogP contribution in [-0.2, 0) is 5.41 Å². The quantitative estimate of drug-likeness (QED) is 0.516. The van der Waals surface area contributed by atoms with Crippen LogP contribution in [0.4, 0.5) is 0 Å². The molecule has 0 aliphatic carbocycles. The summed E-state index contributed by atoms with van der Waals surface area (Å²) in [5.41, 5.74) is 2.56. The zero-order valence-electron chi connectivity index (χ0n) is 17.1. The lowest BCUT2D eigenvalue weighted by molar-refractivity contribution is 0.0693. The number of carboxylic acids is 1. The molecule has 0 bridgehead atoms. The molecule has 0 atom stereocenters. The van der Waals surface area contributed by atoms with Crippen molar-refractivity contribution in [2.24, 2.45) is 0 Å². The Morgan fingerprint density at radius 3 is 1.90 bits per heavy atom. The lowest BCUT2D eigenvalue weighted by Crippen LogP contribution is -2.19. The Balaban J connectivity index is 1.81. The monoisotopic (exact) mass is 390 g/mol. The SMILES string of the molecule is CC(C)c1ccc(Oc2ccc(C(C)(C)c3ccc(O)c(C(=O)O)c3)cc2)cc1. The van der Waals surface area contributed by atoms with Gasteiger partial charge in [0.1, 0.15) is 22.8 Å². The van der Waals surface area contributed by atoms with Gasteiger partial charge in [-0.15, -0.1) is 0 Å². The minimum absolute atomic E-state index is 0.0969. The molecule has 0 aliphatic rings. The van der Waals surface area contributed by atoms with E-state index < -0.39 is 11.4 Å². The molecule has 150 valence electrons. The molecule has 0 saturated heterocycles. The Hall–Kier alpha value is -3.27. The van der Waals surface area contributed by atoms with E-state index in [9.17, 15) is 15.0 Å². The largest absolute Gasteiger partial charge is 0.507 e. The second kappa shape index (κ2) is 8.00. The van der Waals surface area contributed by atoms with Gasteiger partial charge in [-0.3, -0.25) is 0 Å². The van der Waals surface area contributed by atoms with Crippen molar-refractivity contribution in [3.63, 3.8) is 0 Å². The molecule has 0 aromatic heterocycles. The van der Waals surface area contributed by atoms with E-state index in [1.807, 2.05) is 50.2 Å². The van der Waals surface area contributed by atoms with Gasteiger partial charge in [0.25, 0.3) is 0 Å². The number of carbonyl (C=O) groups is 1. The van der Waals surface area contributed by atoms with Crippen molar-refractivity contribution in [3.05, 3.63) is 89.0 Å². The van der Waals surface area contributed by atoms with Gasteiger partial charge >= 0.3 is 5.97 Å². The summed E-state index contributed by atoms with van der Waals surface area (Å²) >= 11 is 0. The van der Waals surface area contributed by atoms with E-state index in [1.54, 1.807) is 6.07 Å². The minimum atomic E-state index is -1.15. The lowest BCUT2D eigenvalue weighted by atomic mass is 9.77. The van der Waals surface area contributed by atoms with Gasteiger partial charge in [-0.05, 0) is 59.0 Å². The van der Waals surface area contributed by atoms with Crippen LogP contribution >= 0.6 is 0 Å². The van der Waals surface area contributed by atoms with Crippen molar-refractivity contribution in [1.82, 2.24) is 0 Å². The standard InChI is InChI=1S/C25H26O4/c1-16(2)17-5-10-20(11-6-17)29-21-12-7-18(8-13-21)25(3,4)19-9-14-23(26)22(15-19)24(27)28/h5-16,26H,1-4H3,(H,27,28). The minimum Gasteiger partial charge on any atom is -0.507 e. The van der Waals surface area contributed by atoms with E-state index in [-0.39, 0.29) is 11.3 Å². The molecular weight excluding hydrogens is 364 g/mol. The summed E-state index contributed by atoms with van der Waals surface area (Å²) in [6.45, 7) is 8.35. The zero-order valence-corrected chi connectivity index (χ0v) is 17.1. The van der Waals surface area contributed by atoms with E-state index in [0.29, 0.717) is 5.92 Å². The van der Waals surface area contributed by atoms with Crippen molar-refractivity contribution < 1.29 is 19.7 Å². The molecule has 4 nitrogen and oxygen atoms in total. The summed E-state index contributed by atoms with van der Waals surface area (Å²) in [6.07, 6.45) is 0. The number of benzene rings is 3. The first-order valence-corrected chi connectivity index (χ1v) is 9.63. The number of aromatic hydroxyl groups is 1. The van der Waals surface area contributed by atoms with Crippen LogP contribution < -0.4 is 4.74 Å². The topological polar surface area (TPSA) is 66.8 Å². The van der Waals surface area contributed by atoms with Crippen LogP contribution in [0.1, 0.15) is 60.7 Å². The fourth-order valence-corrected chi connectivity index (χ4v) is 3.26. The summed E-state index contributed by atoms with van der Waals surface area (Å²) < 4.78 is 5.94. The summed E-state index contributed by atoms with van der Waals surface area (Å²) in [4.78, 5) is 11.3. The molecule has 0 unspecified atom stereocenters. The van der Waals surface area contributed by atoms with Gasteiger partial charge in [0.05, 0.1) is 0 Å².